The minimum Gasteiger partial charge on any atom is -0.465 e. The van der Waals surface area contributed by atoms with Gasteiger partial charge in [-0.1, -0.05) is 0 Å². The lowest BCUT2D eigenvalue weighted by atomic mass is 10.1. The summed E-state index contributed by atoms with van der Waals surface area (Å²) in [5.74, 6) is -0.222. The molecule has 23 heavy (non-hydrogen) atoms. The number of ether oxygens (including phenoxy) is 1. The van der Waals surface area contributed by atoms with Crippen LogP contribution in [0.25, 0.3) is 0 Å². The highest BCUT2D eigenvalue weighted by molar-refractivity contribution is 7.89. The van der Waals surface area contributed by atoms with Crippen LogP contribution in [0.3, 0.4) is 0 Å². The van der Waals surface area contributed by atoms with Crippen molar-refractivity contribution >= 4 is 28.4 Å². The van der Waals surface area contributed by atoms with E-state index in [-0.39, 0.29) is 34.4 Å². The zero-order valence-electron chi connectivity index (χ0n) is 13.7. The summed E-state index contributed by atoms with van der Waals surface area (Å²) < 4.78 is 37.3. The molecule has 2 rings (SSSR count). The number of sulfonamides is 1. The maximum absolute atomic E-state index is 12.9. The molecule has 2 heterocycles. The van der Waals surface area contributed by atoms with Crippen molar-refractivity contribution in [3.8, 4) is 0 Å². The number of hydrogen-bond acceptors (Lipinski definition) is 6. The van der Waals surface area contributed by atoms with Gasteiger partial charge in [0.15, 0.2) is 0 Å². The van der Waals surface area contributed by atoms with E-state index < -0.39 is 16.0 Å². The summed E-state index contributed by atoms with van der Waals surface area (Å²) in [6.45, 7) is 3.94. The number of methoxy groups -OCH3 is 1. The minimum absolute atomic E-state index is 0. The fourth-order valence-electron chi connectivity index (χ4n) is 2.83. The molecular formula is C14H23ClN2O5S. The molecule has 0 bridgehead atoms. The molecule has 0 atom stereocenters. The third-order valence-corrected chi connectivity index (χ3v) is 6.11. The highest BCUT2D eigenvalue weighted by Gasteiger charge is 2.37. The van der Waals surface area contributed by atoms with E-state index in [0.717, 1.165) is 12.8 Å². The van der Waals surface area contributed by atoms with Crippen LogP contribution in [-0.4, -0.2) is 52.0 Å². The summed E-state index contributed by atoms with van der Waals surface area (Å²) in [7, 11) is -0.688. The van der Waals surface area contributed by atoms with Crippen LogP contribution in [0.5, 0.6) is 0 Å². The topological polar surface area (TPSA) is 88.9 Å². The summed E-state index contributed by atoms with van der Waals surface area (Å²) in [5, 5.41) is 3.16. The van der Waals surface area contributed by atoms with Gasteiger partial charge in [-0.15, -0.1) is 12.4 Å². The molecule has 1 saturated heterocycles. The van der Waals surface area contributed by atoms with Crippen LogP contribution in [0.2, 0.25) is 0 Å². The predicted octanol–water partition coefficient (Wildman–Crippen LogP) is 1.48. The number of carbonyl (C=O) groups is 1. The number of nitrogens with zero attached hydrogens (tertiary/aromatic N) is 1. The smallest absolute Gasteiger partial charge is 0.342 e. The molecule has 0 amide bonds. The average molecular weight is 367 g/mol. The quantitative estimate of drug-likeness (QED) is 0.812. The van der Waals surface area contributed by atoms with Crippen molar-refractivity contribution in [2.24, 2.45) is 0 Å². The Hall–Kier alpha value is -1.09. The van der Waals surface area contributed by atoms with Gasteiger partial charge in [0.1, 0.15) is 22.0 Å². The first-order chi connectivity index (χ1) is 10.3. The molecule has 1 aromatic heterocycles. The third-order valence-electron chi connectivity index (χ3n) is 4.05. The van der Waals surface area contributed by atoms with Crippen LogP contribution in [0.4, 0.5) is 0 Å². The number of aryl methyl sites for hydroxylation is 2. The lowest BCUT2D eigenvalue weighted by Gasteiger charge is -2.30. The highest BCUT2D eigenvalue weighted by Crippen LogP contribution is 2.31. The van der Waals surface area contributed by atoms with Gasteiger partial charge in [-0.2, -0.15) is 4.31 Å². The van der Waals surface area contributed by atoms with Crippen LogP contribution in [-0.2, 0) is 14.8 Å². The fourth-order valence-corrected chi connectivity index (χ4v) is 4.67. The van der Waals surface area contributed by atoms with E-state index in [0.29, 0.717) is 19.1 Å². The van der Waals surface area contributed by atoms with Crippen molar-refractivity contribution in [2.45, 2.75) is 37.6 Å². The van der Waals surface area contributed by atoms with Crippen LogP contribution < -0.4 is 5.32 Å². The minimum atomic E-state index is -3.78. The molecule has 0 aromatic carbocycles. The van der Waals surface area contributed by atoms with Gasteiger partial charge >= 0.3 is 5.97 Å². The Morgan fingerprint density at radius 1 is 1.26 bits per heavy atom. The van der Waals surface area contributed by atoms with Crippen molar-refractivity contribution in [2.75, 3.05) is 27.2 Å². The van der Waals surface area contributed by atoms with E-state index in [4.69, 9.17) is 9.15 Å². The number of rotatable bonds is 4. The van der Waals surface area contributed by atoms with Gasteiger partial charge < -0.3 is 14.5 Å². The Morgan fingerprint density at radius 3 is 2.30 bits per heavy atom. The molecule has 0 aliphatic carbocycles. The third kappa shape index (κ3) is 3.71. The van der Waals surface area contributed by atoms with Gasteiger partial charge in [-0.3, -0.25) is 0 Å². The second-order valence-electron chi connectivity index (χ2n) is 5.38. The molecule has 1 aromatic rings. The van der Waals surface area contributed by atoms with Gasteiger partial charge in [0.05, 0.1) is 7.11 Å². The molecule has 9 heteroatoms. The van der Waals surface area contributed by atoms with Gasteiger partial charge in [-0.25, -0.2) is 13.2 Å². The highest BCUT2D eigenvalue weighted by atomic mass is 35.5. The summed E-state index contributed by atoms with van der Waals surface area (Å²) in [6.07, 6.45) is 1.47. The first kappa shape index (κ1) is 20.0. The van der Waals surface area contributed by atoms with Crippen LogP contribution in [0.15, 0.2) is 9.31 Å². The maximum Gasteiger partial charge on any atom is 0.342 e. The number of furan rings is 1. The predicted molar refractivity (Wildman–Crippen MR) is 87.6 cm³/mol. The van der Waals surface area contributed by atoms with E-state index in [1.807, 2.05) is 7.05 Å². The molecule has 0 radical (unpaired) electrons. The summed E-state index contributed by atoms with van der Waals surface area (Å²) in [5.41, 5.74) is -0.00394. The Labute approximate surface area is 142 Å². The maximum atomic E-state index is 12.9. The Kier molecular flexibility index (Phi) is 6.64. The molecule has 1 aliphatic heterocycles. The lowest BCUT2D eigenvalue weighted by molar-refractivity contribution is 0.0594. The first-order valence-corrected chi connectivity index (χ1v) is 8.62. The molecule has 1 aliphatic rings. The fraction of sp³-hybridized carbons (Fsp3) is 0.643. The number of halogens is 1. The van der Waals surface area contributed by atoms with E-state index in [9.17, 15) is 13.2 Å². The zero-order valence-corrected chi connectivity index (χ0v) is 15.3. The SMILES string of the molecule is CNC1CCN(S(=O)(=O)c2c(C)oc(C)c2C(=O)OC)CC1.Cl. The Bertz CT molecular complexity index is 663. The second-order valence-corrected chi connectivity index (χ2v) is 7.25. The van der Waals surface area contributed by atoms with E-state index in [1.54, 1.807) is 13.8 Å². The standard InChI is InChI=1S/C14H22N2O5S.ClH/c1-9-12(14(17)20-4)13(10(2)21-9)22(18,19)16-7-5-11(15-3)6-8-16;/h11,15H,5-8H2,1-4H3;1H. The van der Waals surface area contributed by atoms with Crippen molar-refractivity contribution in [3.05, 3.63) is 17.1 Å². The molecule has 0 spiro atoms. The summed E-state index contributed by atoms with van der Waals surface area (Å²) >= 11 is 0. The first-order valence-electron chi connectivity index (χ1n) is 7.18. The largest absolute Gasteiger partial charge is 0.465 e. The second kappa shape index (κ2) is 7.65. The molecule has 1 fully saturated rings. The zero-order chi connectivity index (χ0) is 16.5. The van der Waals surface area contributed by atoms with E-state index in [1.165, 1.54) is 11.4 Å². The number of nitrogens with one attached hydrogen (secondary N) is 1. The molecule has 7 nitrogen and oxygen atoms in total. The molecular weight excluding hydrogens is 344 g/mol. The number of esters is 1. The van der Waals surface area contributed by atoms with E-state index in [2.05, 4.69) is 5.32 Å². The normalized spacial score (nSPS) is 16.9. The summed E-state index contributed by atoms with van der Waals surface area (Å²) in [6, 6.07) is 0.318. The summed E-state index contributed by atoms with van der Waals surface area (Å²) in [4.78, 5) is 11.9. The molecule has 0 unspecified atom stereocenters. The van der Waals surface area contributed by atoms with Crippen molar-refractivity contribution in [3.63, 3.8) is 0 Å². The van der Waals surface area contributed by atoms with Gasteiger partial charge in [0, 0.05) is 19.1 Å². The van der Waals surface area contributed by atoms with E-state index >= 15 is 0 Å². The number of carbonyl (C=O) groups excluding carboxylic acids is 1. The Morgan fingerprint density at radius 2 is 1.83 bits per heavy atom. The van der Waals surface area contributed by atoms with Crippen LogP contribution in [0, 0.1) is 13.8 Å². The van der Waals surface area contributed by atoms with Crippen LogP contribution >= 0.6 is 12.4 Å². The Balaban J connectivity index is 0.00000264. The average Bonchev–Trinajstić information content (AvgIpc) is 2.81. The van der Waals surface area contributed by atoms with Gasteiger partial charge in [0.2, 0.25) is 10.0 Å². The van der Waals surface area contributed by atoms with Crippen molar-refractivity contribution in [1.29, 1.82) is 0 Å². The molecule has 132 valence electrons. The number of piperidine rings is 1. The van der Waals surface area contributed by atoms with Crippen molar-refractivity contribution < 1.29 is 22.4 Å². The lowest BCUT2D eigenvalue weighted by Crippen LogP contribution is -2.44. The van der Waals surface area contributed by atoms with Gasteiger partial charge in [-0.05, 0) is 33.7 Å². The molecule has 1 N–H and O–H groups in total. The van der Waals surface area contributed by atoms with Gasteiger partial charge in [0.25, 0.3) is 0 Å². The van der Waals surface area contributed by atoms with Crippen molar-refractivity contribution in [1.82, 2.24) is 9.62 Å². The number of hydrogen-bond donors (Lipinski definition) is 1. The molecule has 0 saturated carbocycles. The van der Waals surface area contributed by atoms with Crippen LogP contribution in [0.1, 0.15) is 34.7 Å². The monoisotopic (exact) mass is 366 g/mol.